The molecule has 0 saturated carbocycles. The van der Waals surface area contributed by atoms with E-state index in [0.29, 0.717) is 0 Å². The first kappa shape index (κ1) is 12.1. The molecule has 0 saturated heterocycles. The molecule has 0 amide bonds. The maximum atomic E-state index is 7.00. The van der Waals surface area contributed by atoms with Crippen molar-refractivity contribution in [2.24, 2.45) is 0 Å². The second-order valence-corrected chi connectivity index (χ2v) is 2.35. The van der Waals surface area contributed by atoms with E-state index in [9.17, 15) is 0 Å². The molecular formula is C11H13BrO. The fourth-order valence-corrected chi connectivity index (χ4v) is 1.13. The molecule has 70 valence electrons. The van der Waals surface area contributed by atoms with Crippen molar-refractivity contribution < 1.29 is 5.11 Å². The summed E-state index contributed by atoms with van der Waals surface area (Å²) in [5, 5.41) is 9.62. The lowest BCUT2D eigenvalue weighted by atomic mass is 10.1. The summed E-state index contributed by atoms with van der Waals surface area (Å²) in [6.07, 6.45) is 0. The lowest BCUT2D eigenvalue weighted by Gasteiger charge is -1.92. The van der Waals surface area contributed by atoms with E-state index in [2.05, 4.69) is 48.5 Å². The molecule has 0 aromatic heterocycles. The van der Waals surface area contributed by atoms with Crippen molar-refractivity contribution in [3.05, 3.63) is 48.5 Å². The molecule has 0 heterocycles. The molecule has 0 spiro atoms. The largest absolute Gasteiger partial charge is 0.400 e. The van der Waals surface area contributed by atoms with Crippen LogP contribution < -0.4 is 0 Å². The van der Waals surface area contributed by atoms with Gasteiger partial charge in [0.15, 0.2) is 0 Å². The van der Waals surface area contributed by atoms with Crippen LogP contribution in [0.2, 0.25) is 0 Å². The van der Waals surface area contributed by atoms with Gasteiger partial charge in [0, 0.05) is 7.11 Å². The molecule has 0 fully saturated rings. The van der Waals surface area contributed by atoms with E-state index in [1.165, 1.54) is 10.8 Å². The Morgan fingerprint density at radius 1 is 0.692 bits per heavy atom. The van der Waals surface area contributed by atoms with Gasteiger partial charge in [-0.15, -0.1) is 17.0 Å². The summed E-state index contributed by atoms with van der Waals surface area (Å²) in [6, 6.07) is 16.7. The van der Waals surface area contributed by atoms with Crippen LogP contribution in [-0.2, 0) is 0 Å². The summed E-state index contributed by atoms with van der Waals surface area (Å²) in [6.45, 7) is 0. The van der Waals surface area contributed by atoms with Gasteiger partial charge in [-0.05, 0) is 10.8 Å². The number of halogens is 1. The SMILES string of the molecule is Br.CO.c1ccc2ccccc2c1. The number of hydrogen-bond acceptors (Lipinski definition) is 1. The highest BCUT2D eigenvalue weighted by atomic mass is 79.9. The molecule has 0 unspecified atom stereocenters. The molecule has 2 rings (SSSR count). The van der Waals surface area contributed by atoms with Gasteiger partial charge in [0.1, 0.15) is 0 Å². The normalized spacial score (nSPS) is 8.15. The smallest absolute Gasteiger partial charge is 0.0319 e. The minimum Gasteiger partial charge on any atom is -0.400 e. The molecule has 13 heavy (non-hydrogen) atoms. The van der Waals surface area contributed by atoms with Crippen molar-refractivity contribution in [3.63, 3.8) is 0 Å². The zero-order valence-corrected chi connectivity index (χ0v) is 9.19. The highest BCUT2D eigenvalue weighted by Crippen LogP contribution is 2.11. The van der Waals surface area contributed by atoms with Crippen LogP contribution in [0, 0.1) is 0 Å². The minimum atomic E-state index is 0. The third-order valence-corrected chi connectivity index (χ3v) is 1.66. The fraction of sp³-hybridized carbons (Fsp3) is 0.0909. The lowest BCUT2D eigenvalue weighted by molar-refractivity contribution is 0.399. The molecule has 0 atom stereocenters. The van der Waals surface area contributed by atoms with Gasteiger partial charge < -0.3 is 5.11 Å². The molecule has 0 aliphatic carbocycles. The second kappa shape index (κ2) is 6.63. The van der Waals surface area contributed by atoms with Crippen molar-refractivity contribution in [2.45, 2.75) is 0 Å². The van der Waals surface area contributed by atoms with Crippen LogP contribution in [0.3, 0.4) is 0 Å². The Bertz CT molecular complexity index is 281. The first-order chi connectivity index (χ1) is 5.97. The molecule has 0 bridgehead atoms. The third kappa shape index (κ3) is 3.17. The van der Waals surface area contributed by atoms with E-state index in [4.69, 9.17) is 5.11 Å². The maximum Gasteiger partial charge on any atom is 0.0319 e. The van der Waals surface area contributed by atoms with E-state index in [-0.39, 0.29) is 17.0 Å². The summed E-state index contributed by atoms with van der Waals surface area (Å²) in [7, 11) is 1.00. The van der Waals surface area contributed by atoms with Crippen LogP contribution in [0.25, 0.3) is 10.8 Å². The first-order valence-electron chi connectivity index (χ1n) is 3.85. The Kier molecular flexibility index (Phi) is 6.20. The van der Waals surface area contributed by atoms with Crippen LogP contribution in [-0.4, -0.2) is 12.2 Å². The van der Waals surface area contributed by atoms with Crippen molar-refractivity contribution in [3.8, 4) is 0 Å². The molecule has 0 aliphatic rings. The van der Waals surface area contributed by atoms with Crippen LogP contribution in [0.4, 0.5) is 0 Å². The minimum absolute atomic E-state index is 0. The van der Waals surface area contributed by atoms with Gasteiger partial charge in [-0.2, -0.15) is 0 Å². The van der Waals surface area contributed by atoms with E-state index in [1.54, 1.807) is 0 Å². The van der Waals surface area contributed by atoms with Crippen molar-refractivity contribution in [1.82, 2.24) is 0 Å². The molecule has 2 heteroatoms. The third-order valence-electron chi connectivity index (χ3n) is 1.66. The summed E-state index contributed by atoms with van der Waals surface area (Å²) < 4.78 is 0. The second-order valence-electron chi connectivity index (χ2n) is 2.35. The Balaban J connectivity index is 0.000000451. The topological polar surface area (TPSA) is 20.2 Å². The van der Waals surface area contributed by atoms with E-state index in [1.807, 2.05) is 0 Å². The van der Waals surface area contributed by atoms with Gasteiger partial charge in [0.2, 0.25) is 0 Å². The zero-order chi connectivity index (χ0) is 8.81. The van der Waals surface area contributed by atoms with Gasteiger partial charge in [0.25, 0.3) is 0 Å². The number of rotatable bonds is 0. The molecule has 1 N–H and O–H groups in total. The fourth-order valence-electron chi connectivity index (χ4n) is 1.13. The first-order valence-corrected chi connectivity index (χ1v) is 3.85. The van der Waals surface area contributed by atoms with E-state index in [0.717, 1.165) is 7.11 Å². The molecular weight excluding hydrogens is 228 g/mol. The number of aliphatic hydroxyl groups excluding tert-OH is 1. The monoisotopic (exact) mass is 240 g/mol. The molecule has 0 aliphatic heterocycles. The van der Waals surface area contributed by atoms with Gasteiger partial charge in [-0.25, -0.2) is 0 Å². The quantitative estimate of drug-likeness (QED) is 0.751. The standard InChI is InChI=1S/C10H8.CH4O.BrH/c1-2-6-10-8-4-3-7-9(10)5-1;1-2;/h1-8H;2H,1H3;1H. The van der Waals surface area contributed by atoms with Crippen LogP contribution in [0.5, 0.6) is 0 Å². The Labute approximate surface area is 88.8 Å². The molecule has 2 aromatic carbocycles. The van der Waals surface area contributed by atoms with Gasteiger partial charge >= 0.3 is 0 Å². The number of fused-ring (bicyclic) bond motifs is 1. The van der Waals surface area contributed by atoms with Crippen molar-refractivity contribution in [1.29, 1.82) is 0 Å². The summed E-state index contributed by atoms with van der Waals surface area (Å²) in [4.78, 5) is 0. The number of aliphatic hydroxyl groups is 1. The molecule has 1 nitrogen and oxygen atoms in total. The van der Waals surface area contributed by atoms with Crippen molar-refractivity contribution in [2.75, 3.05) is 7.11 Å². The highest BCUT2D eigenvalue weighted by molar-refractivity contribution is 8.93. The zero-order valence-electron chi connectivity index (χ0n) is 7.47. The van der Waals surface area contributed by atoms with Gasteiger partial charge in [-0.3, -0.25) is 0 Å². The maximum absolute atomic E-state index is 7.00. The Hall–Kier alpha value is -0.860. The van der Waals surface area contributed by atoms with Gasteiger partial charge in [0.05, 0.1) is 0 Å². The lowest BCUT2D eigenvalue weighted by Crippen LogP contribution is -1.67. The average molecular weight is 241 g/mol. The molecule has 0 radical (unpaired) electrons. The van der Waals surface area contributed by atoms with Gasteiger partial charge in [-0.1, -0.05) is 48.5 Å². The predicted molar refractivity (Wildman–Crippen MR) is 62.4 cm³/mol. The van der Waals surface area contributed by atoms with Crippen LogP contribution in [0.1, 0.15) is 0 Å². The predicted octanol–water partition coefficient (Wildman–Crippen LogP) is 3.03. The summed E-state index contributed by atoms with van der Waals surface area (Å²) >= 11 is 0. The van der Waals surface area contributed by atoms with Crippen molar-refractivity contribution >= 4 is 27.8 Å². The Morgan fingerprint density at radius 2 is 0.923 bits per heavy atom. The summed E-state index contributed by atoms with van der Waals surface area (Å²) in [5.41, 5.74) is 0. The van der Waals surface area contributed by atoms with E-state index >= 15 is 0 Å². The van der Waals surface area contributed by atoms with Crippen LogP contribution >= 0.6 is 17.0 Å². The Morgan fingerprint density at radius 3 is 1.15 bits per heavy atom. The number of benzene rings is 2. The average Bonchev–Trinajstić information content (AvgIpc) is 2.21. The van der Waals surface area contributed by atoms with E-state index < -0.39 is 0 Å². The number of hydrogen-bond donors (Lipinski definition) is 1. The molecule has 2 aromatic rings. The van der Waals surface area contributed by atoms with Crippen LogP contribution in [0.15, 0.2) is 48.5 Å². The summed E-state index contributed by atoms with van der Waals surface area (Å²) in [5.74, 6) is 0. The highest BCUT2D eigenvalue weighted by Gasteiger charge is 1.85.